The van der Waals surface area contributed by atoms with Gasteiger partial charge in [0.25, 0.3) is 17.4 Å². The lowest BCUT2D eigenvalue weighted by atomic mass is 9.91. The maximum atomic E-state index is 12.8. The summed E-state index contributed by atoms with van der Waals surface area (Å²) in [5, 5.41) is 5.85. The molecule has 0 radical (unpaired) electrons. The first-order chi connectivity index (χ1) is 16.9. The van der Waals surface area contributed by atoms with Crippen molar-refractivity contribution in [1.82, 2.24) is 20.6 Å². The van der Waals surface area contributed by atoms with E-state index in [1.165, 1.54) is 0 Å². The van der Waals surface area contributed by atoms with Crippen molar-refractivity contribution >= 4 is 17.5 Å². The van der Waals surface area contributed by atoms with Gasteiger partial charge in [0.05, 0.1) is 0 Å². The van der Waals surface area contributed by atoms with Gasteiger partial charge in [0.15, 0.2) is 0 Å². The molecule has 2 aromatic carbocycles. The van der Waals surface area contributed by atoms with Crippen LogP contribution >= 0.6 is 0 Å². The van der Waals surface area contributed by atoms with Crippen molar-refractivity contribution in [3.05, 3.63) is 92.3 Å². The van der Waals surface area contributed by atoms with E-state index in [1.807, 2.05) is 41.4 Å². The molecule has 3 aromatic rings. The van der Waals surface area contributed by atoms with E-state index in [4.69, 9.17) is 10.5 Å². The molecule has 10 nitrogen and oxygen atoms in total. The molecule has 1 heterocycles. The number of carbonyl (C=O) groups excluding carboxylic acids is 2. The Labute approximate surface area is 200 Å². The van der Waals surface area contributed by atoms with Crippen LogP contribution in [0, 0.1) is 0 Å². The van der Waals surface area contributed by atoms with E-state index in [-0.39, 0.29) is 29.4 Å². The predicted octanol–water partition coefficient (Wildman–Crippen LogP) is 1.70. The van der Waals surface area contributed by atoms with Crippen molar-refractivity contribution < 1.29 is 14.3 Å². The number of hydrogen-bond acceptors (Lipinski definition) is 6. The zero-order chi connectivity index (χ0) is 24.8. The molecule has 2 amide bonds. The van der Waals surface area contributed by atoms with Gasteiger partial charge in [-0.3, -0.25) is 19.4 Å². The molecule has 35 heavy (non-hydrogen) atoms. The van der Waals surface area contributed by atoms with Gasteiger partial charge in [-0.15, -0.1) is 0 Å². The van der Waals surface area contributed by atoms with E-state index >= 15 is 0 Å². The summed E-state index contributed by atoms with van der Waals surface area (Å²) in [5.74, 6) is -0.174. The number of aromatic nitrogens is 2. The molecule has 6 N–H and O–H groups in total. The lowest BCUT2D eigenvalue weighted by molar-refractivity contribution is 0.0889. The Morgan fingerprint density at radius 1 is 0.886 bits per heavy atom. The first kappa shape index (κ1) is 23.8. The van der Waals surface area contributed by atoms with Crippen LogP contribution in [0.2, 0.25) is 0 Å². The van der Waals surface area contributed by atoms with Gasteiger partial charge in [-0.25, -0.2) is 4.79 Å². The highest BCUT2D eigenvalue weighted by Gasteiger charge is 2.25. The van der Waals surface area contributed by atoms with Gasteiger partial charge >= 0.3 is 5.69 Å². The summed E-state index contributed by atoms with van der Waals surface area (Å²) < 4.78 is 5.81. The van der Waals surface area contributed by atoms with Crippen LogP contribution < -0.4 is 32.4 Å². The molecule has 1 saturated carbocycles. The minimum absolute atomic E-state index is 0.0333. The number of hydrogen-bond donors (Lipinski definition) is 5. The molecule has 0 saturated heterocycles. The summed E-state index contributed by atoms with van der Waals surface area (Å²) in [6, 6.07) is 16.6. The Kier molecular flexibility index (Phi) is 7.30. The van der Waals surface area contributed by atoms with Crippen LogP contribution in [0.5, 0.6) is 5.75 Å². The van der Waals surface area contributed by atoms with E-state index < -0.39 is 17.2 Å². The molecule has 1 aliphatic carbocycles. The number of rotatable bonds is 7. The molecule has 0 unspecified atom stereocenters. The number of nitrogens with one attached hydrogen (secondary N) is 4. The molecule has 0 spiro atoms. The number of anilines is 1. The van der Waals surface area contributed by atoms with Gasteiger partial charge in [0.1, 0.15) is 23.7 Å². The molecule has 182 valence electrons. The third-order valence-corrected chi connectivity index (χ3v) is 5.95. The van der Waals surface area contributed by atoms with E-state index in [0.717, 1.165) is 5.56 Å². The average molecular weight is 478 g/mol. The molecule has 0 atom stereocenters. The van der Waals surface area contributed by atoms with Crippen LogP contribution in [0.4, 0.5) is 5.69 Å². The molecule has 1 aliphatic rings. The SMILES string of the molecule is Nc1c(C(=O)N[C@H]2CC[C@@H](NC(=O)c3cccc(OCc4ccccc4)c3)CC2)[nH]c(=O)[nH]c1=O. The molecule has 0 bridgehead atoms. The number of aromatic amines is 2. The van der Waals surface area contributed by atoms with Crippen molar-refractivity contribution in [2.45, 2.75) is 44.4 Å². The van der Waals surface area contributed by atoms with Crippen molar-refractivity contribution in [2.24, 2.45) is 0 Å². The highest BCUT2D eigenvalue weighted by Crippen LogP contribution is 2.21. The normalized spacial score (nSPS) is 17.4. The van der Waals surface area contributed by atoms with Crippen molar-refractivity contribution in [2.75, 3.05) is 5.73 Å². The smallest absolute Gasteiger partial charge is 0.326 e. The summed E-state index contributed by atoms with van der Waals surface area (Å²) in [5.41, 5.74) is 4.99. The van der Waals surface area contributed by atoms with Gasteiger partial charge in [-0.1, -0.05) is 36.4 Å². The second kappa shape index (κ2) is 10.7. The quantitative estimate of drug-likeness (QED) is 0.348. The van der Waals surface area contributed by atoms with Crippen molar-refractivity contribution in [3.8, 4) is 5.75 Å². The number of carbonyl (C=O) groups is 2. The zero-order valence-electron chi connectivity index (χ0n) is 19.0. The summed E-state index contributed by atoms with van der Waals surface area (Å²) in [7, 11) is 0. The Balaban J connectivity index is 1.27. The van der Waals surface area contributed by atoms with E-state index in [1.54, 1.807) is 18.2 Å². The Hall–Kier alpha value is -4.34. The second-order valence-electron chi connectivity index (χ2n) is 8.49. The van der Waals surface area contributed by atoms with Crippen LogP contribution in [-0.4, -0.2) is 33.9 Å². The minimum atomic E-state index is -0.806. The largest absolute Gasteiger partial charge is 0.489 e. The molecular weight excluding hydrogens is 450 g/mol. The number of nitrogens with two attached hydrogens (primary N) is 1. The van der Waals surface area contributed by atoms with Gasteiger partial charge in [-0.05, 0) is 49.4 Å². The molecule has 4 rings (SSSR count). The highest BCUT2D eigenvalue weighted by atomic mass is 16.5. The first-order valence-electron chi connectivity index (χ1n) is 11.4. The Morgan fingerprint density at radius 3 is 2.23 bits per heavy atom. The monoisotopic (exact) mass is 477 g/mol. The van der Waals surface area contributed by atoms with Crippen molar-refractivity contribution in [3.63, 3.8) is 0 Å². The number of benzene rings is 2. The molecular formula is C25H27N5O5. The number of nitrogen functional groups attached to an aromatic ring is 1. The predicted molar refractivity (Wildman–Crippen MR) is 130 cm³/mol. The third kappa shape index (κ3) is 6.17. The highest BCUT2D eigenvalue weighted by molar-refractivity contribution is 5.97. The fraction of sp³-hybridized carbons (Fsp3) is 0.280. The molecule has 1 aromatic heterocycles. The zero-order valence-corrected chi connectivity index (χ0v) is 19.0. The van der Waals surface area contributed by atoms with Gasteiger partial charge in [0.2, 0.25) is 0 Å². The van der Waals surface area contributed by atoms with Gasteiger partial charge in [0, 0.05) is 17.6 Å². The summed E-state index contributed by atoms with van der Waals surface area (Å²) >= 11 is 0. The first-order valence-corrected chi connectivity index (χ1v) is 11.4. The maximum absolute atomic E-state index is 12.8. The van der Waals surface area contributed by atoms with E-state index in [0.29, 0.717) is 43.6 Å². The third-order valence-electron chi connectivity index (χ3n) is 5.95. The fourth-order valence-electron chi connectivity index (χ4n) is 4.05. The van der Waals surface area contributed by atoms with Crippen LogP contribution in [0.1, 0.15) is 52.1 Å². The van der Waals surface area contributed by atoms with Gasteiger partial charge in [-0.2, -0.15) is 0 Å². The van der Waals surface area contributed by atoms with Crippen LogP contribution in [0.15, 0.2) is 64.2 Å². The molecule has 10 heteroatoms. The molecule has 0 aliphatic heterocycles. The lowest BCUT2D eigenvalue weighted by Crippen LogP contribution is -2.44. The number of ether oxygens (including phenoxy) is 1. The fourth-order valence-corrected chi connectivity index (χ4v) is 4.05. The van der Waals surface area contributed by atoms with Crippen LogP contribution in [-0.2, 0) is 6.61 Å². The maximum Gasteiger partial charge on any atom is 0.326 e. The Morgan fingerprint density at radius 2 is 1.54 bits per heavy atom. The summed E-state index contributed by atoms with van der Waals surface area (Å²) in [6.07, 6.45) is 2.60. The second-order valence-corrected chi connectivity index (χ2v) is 8.49. The van der Waals surface area contributed by atoms with E-state index in [9.17, 15) is 19.2 Å². The topological polar surface area (TPSA) is 159 Å². The lowest BCUT2D eigenvalue weighted by Gasteiger charge is -2.29. The standard InChI is InChI=1S/C25H27N5O5/c26-20-21(29-25(34)30-23(20)32)24(33)28-18-11-9-17(10-12-18)27-22(31)16-7-4-8-19(13-16)35-14-15-5-2-1-3-6-15/h1-8,13,17-18H,9-12,14,26H2,(H,27,31)(H,28,33)(H2,29,30,32,34)/t17-,18+. The van der Waals surface area contributed by atoms with Gasteiger partial charge < -0.3 is 26.1 Å². The minimum Gasteiger partial charge on any atom is -0.489 e. The summed E-state index contributed by atoms with van der Waals surface area (Å²) in [6.45, 7) is 0.415. The molecule has 1 fully saturated rings. The number of amides is 2. The van der Waals surface area contributed by atoms with Crippen molar-refractivity contribution in [1.29, 1.82) is 0 Å². The Bertz CT molecular complexity index is 1310. The average Bonchev–Trinajstić information content (AvgIpc) is 2.87. The van der Waals surface area contributed by atoms with Crippen LogP contribution in [0.25, 0.3) is 0 Å². The number of H-pyrrole nitrogens is 2. The van der Waals surface area contributed by atoms with E-state index in [2.05, 4.69) is 15.6 Å². The van der Waals surface area contributed by atoms with Crippen LogP contribution in [0.3, 0.4) is 0 Å². The summed E-state index contributed by atoms with van der Waals surface area (Å²) in [4.78, 5) is 52.5.